The van der Waals surface area contributed by atoms with Crippen molar-refractivity contribution in [3.05, 3.63) is 65.4 Å². The van der Waals surface area contributed by atoms with Crippen molar-refractivity contribution in [3.63, 3.8) is 0 Å². The zero-order valence-electron chi connectivity index (χ0n) is 14.1. The van der Waals surface area contributed by atoms with E-state index < -0.39 is 10.0 Å². The summed E-state index contributed by atoms with van der Waals surface area (Å²) in [4.78, 5) is 3.61. The van der Waals surface area contributed by atoms with Crippen molar-refractivity contribution in [1.29, 1.82) is 0 Å². The normalized spacial score (nSPS) is 14.6. The predicted molar refractivity (Wildman–Crippen MR) is 100 cm³/mol. The van der Waals surface area contributed by atoms with Crippen molar-refractivity contribution in [3.8, 4) is 0 Å². The summed E-state index contributed by atoms with van der Waals surface area (Å²) in [5.74, 6) is 0. The Morgan fingerprint density at radius 2 is 1.80 bits per heavy atom. The molecule has 4 rings (SSSR count). The average Bonchev–Trinajstić information content (AvgIpc) is 3.04. The minimum Gasteiger partial charge on any atom is -0.361 e. The Hall–Kier alpha value is -2.11. The van der Waals surface area contributed by atoms with Crippen LogP contribution < -0.4 is 4.72 Å². The molecule has 1 heterocycles. The molecule has 0 saturated heterocycles. The van der Waals surface area contributed by atoms with Crippen LogP contribution in [0.1, 0.15) is 29.5 Å². The van der Waals surface area contributed by atoms with Gasteiger partial charge in [0, 0.05) is 23.6 Å². The van der Waals surface area contributed by atoms with Gasteiger partial charge in [0.2, 0.25) is 10.0 Å². The number of aryl methyl sites for hydroxylation is 2. The van der Waals surface area contributed by atoms with Crippen LogP contribution in [0.3, 0.4) is 0 Å². The Morgan fingerprint density at radius 3 is 2.68 bits per heavy atom. The van der Waals surface area contributed by atoms with E-state index in [1.165, 1.54) is 17.5 Å². The van der Waals surface area contributed by atoms with Gasteiger partial charge in [-0.05, 0) is 67.0 Å². The number of sulfonamides is 1. The smallest absolute Gasteiger partial charge is 0.240 e. The van der Waals surface area contributed by atoms with Gasteiger partial charge in [0.25, 0.3) is 0 Å². The third-order valence-corrected chi connectivity index (χ3v) is 6.45. The van der Waals surface area contributed by atoms with Gasteiger partial charge in [0.15, 0.2) is 0 Å². The molecule has 1 aromatic heterocycles. The second-order valence-electron chi connectivity index (χ2n) is 6.64. The first-order valence-electron chi connectivity index (χ1n) is 8.80. The van der Waals surface area contributed by atoms with E-state index >= 15 is 0 Å². The highest BCUT2D eigenvalue weighted by Gasteiger charge is 2.17. The van der Waals surface area contributed by atoms with Crippen LogP contribution >= 0.6 is 0 Å². The van der Waals surface area contributed by atoms with E-state index in [-0.39, 0.29) is 0 Å². The Kier molecular flexibility index (Phi) is 4.36. The van der Waals surface area contributed by atoms with Crippen LogP contribution in [0.5, 0.6) is 0 Å². The number of H-pyrrole nitrogens is 1. The third kappa shape index (κ3) is 3.34. The first-order valence-corrected chi connectivity index (χ1v) is 10.3. The molecule has 1 aliphatic carbocycles. The second-order valence-corrected chi connectivity index (χ2v) is 8.41. The summed E-state index contributed by atoms with van der Waals surface area (Å²) in [5.41, 5.74) is 4.69. The molecule has 4 nitrogen and oxygen atoms in total. The Bertz CT molecular complexity index is 1010. The van der Waals surface area contributed by atoms with Crippen molar-refractivity contribution in [2.75, 3.05) is 6.54 Å². The Morgan fingerprint density at radius 1 is 1.00 bits per heavy atom. The topological polar surface area (TPSA) is 62.0 Å². The molecule has 0 fully saturated rings. The van der Waals surface area contributed by atoms with Gasteiger partial charge in [-0.3, -0.25) is 0 Å². The number of fused-ring (bicyclic) bond motifs is 2. The zero-order chi connectivity index (χ0) is 17.3. The van der Waals surface area contributed by atoms with Crippen molar-refractivity contribution in [2.45, 2.75) is 37.0 Å². The van der Waals surface area contributed by atoms with Gasteiger partial charge in [-0.1, -0.05) is 24.3 Å². The fourth-order valence-electron chi connectivity index (χ4n) is 3.62. The Labute approximate surface area is 148 Å². The number of benzene rings is 2. The SMILES string of the molecule is O=S(=O)(NCCc1c[nH]c2ccccc12)c1ccc2c(c1)CCCC2. The summed E-state index contributed by atoms with van der Waals surface area (Å²) in [5, 5.41) is 1.15. The molecular formula is C20H22N2O2S. The number of para-hydroxylation sites is 1. The van der Waals surface area contributed by atoms with Gasteiger partial charge in [-0.15, -0.1) is 0 Å². The number of rotatable bonds is 5. The molecule has 0 radical (unpaired) electrons. The van der Waals surface area contributed by atoms with Crippen LogP contribution in [0.4, 0.5) is 0 Å². The molecule has 2 N–H and O–H groups in total. The number of hydrogen-bond acceptors (Lipinski definition) is 2. The van der Waals surface area contributed by atoms with E-state index in [9.17, 15) is 8.42 Å². The molecule has 0 atom stereocenters. The number of aromatic nitrogens is 1. The van der Waals surface area contributed by atoms with E-state index in [1.807, 2.05) is 36.5 Å². The lowest BCUT2D eigenvalue weighted by atomic mass is 9.92. The summed E-state index contributed by atoms with van der Waals surface area (Å²) in [6.07, 6.45) is 7.00. The quantitative estimate of drug-likeness (QED) is 0.736. The van der Waals surface area contributed by atoms with E-state index in [0.29, 0.717) is 17.9 Å². The summed E-state index contributed by atoms with van der Waals surface area (Å²) in [7, 11) is -3.46. The van der Waals surface area contributed by atoms with Crippen LogP contribution in [0.15, 0.2) is 53.6 Å². The Balaban J connectivity index is 1.46. The van der Waals surface area contributed by atoms with Gasteiger partial charge in [0.05, 0.1) is 4.90 Å². The summed E-state index contributed by atoms with van der Waals surface area (Å²) in [6, 6.07) is 13.6. The molecule has 0 bridgehead atoms. The summed E-state index contributed by atoms with van der Waals surface area (Å²) >= 11 is 0. The van der Waals surface area contributed by atoms with Crippen molar-refractivity contribution in [1.82, 2.24) is 9.71 Å². The lowest BCUT2D eigenvalue weighted by Crippen LogP contribution is -2.26. The van der Waals surface area contributed by atoms with Crippen LogP contribution in [0, 0.1) is 0 Å². The van der Waals surface area contributed by atoms with E-state index in [4.69, 9.17) is 0 Å². The number of aromatic amines is 1. The van der Waals surface area contributed by atoms with E-state index in [2.05, 4.69) is 15.8 Å². The van der Waals surface area contributed by atoms with Crippen LogP contribution in [-0.4, -0.2) is 19.9 Å². The summed E-state index contributed by atoms with van der Waals surface area (Å²) in [6.45, 7) is 0.390. The van der Waals surface area contributed by atoms with Crippen LogP contribution in [-0.2, 0) is 29.3 Å². The highest BCUT2D eigenvalue weighted by molar-refractivity contribution is 7.89. The average molecular weight is 354 g/mol. The highest BCUT2D eigenvalue weighted by atomic mass is 32.2. The van der Waals surface area contributed by atoms with Gasteiger partial charge in [-0.2, -0.15) is 0 Å². The van der Waals surface area contributed by atoms with Crippen LogP contribution in [0.25, 0.3) is 10.9 Å². The van der Waals surface area contributed by atoms with Crippen molar-refractivity contribution < 1.29 is 8.42 Å². The van der Waals surface area contributed by atoms with Gasteiger partial charge in [-0.25, -0.2) is 13.1 Å². The predicted octanol–water partition coefficient (Wildman–Crippen LogP) is 3.57. The van der Waals surface area contributed by atoms with Gasteiger partial charge in [0.1, 0.15) is 0 Å². The largest absolute Gasteiger partial charge is 0.361 e. The lowest BCUT2D eigenvalue weighted by molar-refractivity contribution is 0.581. The highest BCUT2D eigenvalue weighted by Crippen LogP contribution is 2.24. The molecule has 0 aliphatic heterocycles. The molecule has 0 amide bonds. The fraction of sp³-hybridized carbons (Fsp3) is 0.300. The van der Waals surface area contributed by atoms with Gasteiger partial charge < -0.3 is 4.98 Å². The molecule has 0 spiro atoms. The maximum absolute atomic E-state index is 12.6. The minimum atomic E-state index is -3.46. The first kappa shape index (κ1) is 16.4. The molecular weight excluding hydrogens is 332 g/mol. The maximum atomic E-state index is 12.6. The van der Waals surface area contributed by atoms with Gasteiger partial charge >= 0.3 is 0 Å². The van der Waals surface area contributed by atoms with Crippen molar-refractivity contribution in [2.24, 2.45) is 0 Å². The lowest BCUT2D eigenvalue weighted by Gasteiger charge is -2.16. The molecule has 130 valence electrons. The van der Waals surface area contributed by atoms with Crippen molar-refractivity contribution >= 4 is 20.9 Å². The van der Waals surface area contributed by atoms with Crippen LogP contribution in [0.2, 0.25) is 0 Å². The molecule has 2 aromatic carbocycles. The second kappa shape index (κ2) is 6.65. The number of hydrogen-bond donors (Lipinski definition) is 2. The first-order chi connectivity index (χ1) is 12.1. The molecule has 0 unspecified atom stereocenters. The standard InChI is InChI=1S/C20H22N2O2S/c23-25(24,18-10-9-15-5-1-2-6-16(15)13-18)22-12-11-17-14-21-20-8-4-3-7-19(17)20/h3-4,7-10,13-14,21-22H,1-2,5-6,11-12H2. The molecule has 5 heteroatoms. The fourth-order valence-corrected chi connectivity index (χ4v) is 4.70. The monoisotopic (exact) mass is 354 g/mol. The minimum absolute atomic E-state index is 0.382. The maximum Gasteiger partial charge on any atom is 0.240 e. The van der Waals surface area contributed by atoms with E-state index in [0.717, 1.165) is 35.7 Å². The zero-order valence-corrected chi connectivity index (χ0v) is 14.9. The molecule has 25 heavy (non-hydrogen) atoms. The molecule has 1 aliphatic rings. The summed E-state index contributed by atoms with van der Waals surface area (Å²) < 4.78 is 27.9. The molecule has 0 saturated carbocycles. The number of nitrogens with one attached hydrogen (secondary N) is 2. The molecule has 3 aromatic rings. The van der Waals surface area contributed by atoms with E-state index in [1.54, 1.807) is 6.07 Å². The third-order valence-electron chi connectivity index (χ3n) is 4.99.